The van der Waals surface area contributed by atoms with Gasteiger partial charge in [0, 0.05) is 19.7 Å². The minimum atomic E-state index is 0. The van der Waals surface area contributed by atoms with Crippen LogP contribution < -0.4 is 15.4 Å². The Morgan fingerprint density at radius 3 is 2.66 bits per heavy atom. The number of halogens is 1. The first-order valence-corrected chi connectivity index (χ1v) is 11.2. The van der Waals surface area contributed by atoms with Gasteiger partial charge < -0.3 is 24.7 Å². The third-order valence-electron chi connectivity index (χ3n) is 6.52. The molecule has 1 saturated heterocycles. The molecule has 2 aromatic rings. The van der Waals surface area contributed by atoms with Crippen LogP contribution in [0.1, 0.15) is 55.7 Å². The van der Waals surface area contributed by atoms with Crippen molar-refractivity contribution in [3.8, 4) is 5.75 Å². The number of aromatic nitrogens is 3. The first kappa shape index (κ1) is 24.8. The Kier molecular flexibility index (Phi) is 8.75. The minimum Gasteiger partial charge on any atom is -0.497 e. The summed E-state index contributed by atoms with van der Waals surface area (Å²) in [5.41, 5.74) is 1.20. The van der Waals surface area contributed by atoms with Gasteiger partial charge in [-0.25, -0.2) is 4.99 Å². The third kappa shape index (κ3) is 6.12. The number of hydrogen-bond acceptors (Lipinski definition) is 5. The van der Waals surface area contributed by atoms with Crippen LogP contribution in [0.4, 0.5) is 0 Å². The van der Waals surface area contributed by atoms with E-state index in [1.54, 1.807) is 7.11 Å². The third-order valence-corrected chi connectivity index (χ3v) is 6.52. The van der Waals surface area contributed by atoms with Crippen molar-refractivity contribution in [2.75, 3.05) is 13.7 Å². The molecule has 0 bridgehead atoms. The smallest absolute Gasteiger partial charge is 0.192 e. The van der Waals surface area contributed by atoms with E-state index in [4.69, 9.17) is 14.5 Å². The molecule has 1 atom stereocenters. The summed E-state index contributed by atoms with van der Waals surface area (Å²) in [6, 6.07) is 8.39. The van der Waals surface area contributed by atoms with Crippen molar-refractivity contribution >= 4 is 29.9 Å². The quantitative estimate of drug-likeness (QED) is 0.323. The van der Waals surface area contributed by atoms with Crippen LogP contribution >= 0.6 is 24.0 Å². The number of aryl methyl sites for hydroxylation is 1. The molecule has 176 valence electrons. The molecular formula is C23H35IN6O2. The summed E-state index contributed by atoms with van der Waals surface area (Å²) < 4.78 is 13.5. The Balaban J connectivity index is 0.00000289. The molecule has 1 unspecified atom stereocenters. The summed E-state index contributed by atoms with van der Waals surface area (Å²) >= 11 is 0. The van der Waals surface area contributed by atoms with Gasteiger partial charge in [-0.2, -0.15) is 0 Å². The fourth-order valence-electron chi connectivity index (χ4n) is 4.53. The molecule has 1 aromatic heterocycles. The first-order valence-electron chi connectivity index (χ1n) is 11.2. The lowest BCUT2D eigenvalue weighted by molar-refractivity contribution is -0.0815. The highest BCUT2D eigenvalue weighted by atomic mass is 127. The molecule has 2 heterocycles. The number of rotatable bonds is 6. The molecule has 0 radical (unpaired) electrons. The summed E-state index contributed by atoms with van der Waals surface area (Å²) in [5, 5.41) is 15.5. The number of methoxy groups -OCH3 is 1. The van der Waals surface area contributed by atoms with Crippen molar-refractivity contribution in [3.05, 3.63) is 41.5 Å². The van der Waals surface area contributed by atoms with Crippen LogP contribution in [0.15, 0.2) is 29.3 Å². The maximum absolute atomic E-state index is 6.20. The number of benzene rings is 1. The molecule has 1 spiro atoms. The van der Waals surface area contributed by atoms with Crippen molar-refractivity contribution < 1.29 is 9.47 Å². The van der Waals surface area contributed by atoms with Crippen LogP contribution in [0.2, 0.25) is 0 Å². The maximum atomic E-state index is 6.20. The van der Waals surface area contributed by atoms with Gasteiger partial charge in [0.15, 0.2) is 11.8 Å². The SMILES string of the molecule is COc1ccc(CN=C(NCc2nnc(C)n2C)NC2CCOC3(CCCC3)C2)cc1.I. The van der Waals surface area contributed by atoms with E-state index in [1.165, 1.54) is 25.7 Å². The van der Waals surface area contributed by atoms with E-state index in [0.717, 1.165) is 48.4 Å². The van der Waals surface area contributed by atoms with E-state index < -0.39 is 0 Å². The largest absolute Gasteiger partial charge is 0.497 e. The lowest BCUT2D eigenvalue weighted by Crippen LogP contribution is -2.50. The second-order valence-corrected chi connectivity index (χ2v) is 8.66. The second kappa shape index (κ2) is 11.3. The fraction of sp³-hybridized carbons (Fsp3) is 0.609. The molecule has 1 aromatic carbocycles. The molecular weight excluding hydrogens is 519 g/mol. The minimum absolute atomic E-state index is 0. The van der Waals surface area contributed by atoms with Crippen molar-refractivity contribution in [1.29, 1.82) is 0 Å². The van der Waals surface area contributed by atoms with Gasteiger partial charge in [0.2, 0.25) is 0 Å². The van der Waals surface area contributed by atoms with Crippen molar-refractivity contribution in [2.24, 2.45) is 12.0 Å². The zero-order chi connectivity index (χ0) is 21.7. The number of nitrogens with one attached hydrogen (secondary N) is 2. The molecule has 2 N–H and O–H groups in total. The molecule has 2 fully saturated rings. The highest BCUT2D eigenvalue weighted by Crippen LogP contribution is 2.39. The average Bonchev–Trinajstić information content (AvgIpc) is 3.37. The van der Waals surface area contributed by atoms with E-state index >= 15 is 0 Å². The molecule has 8 nitrogen and oxygen atoms in total. The van der Waals surface area contributed by atoms with E-state index in [2.05, 4.69) is 20.8 Å². The summed E-state index contributed by atoms with van der Waals surface area (Å²) in [7, 11) is 3.66. The Bertz CT molecular complexity index is 892. The van der Waals surface area contributed by atoms with Gasteiger partial charge in [-0.15, -0.1) is 34.2 Å². The van der Waals surface area contributed by atoms with Crippen LogP contribution in [-0.2, 0) is 24.9 Å². The lowest BCUT2D eigenvalue weighted by Gasteiger charge is -2.39. The summed E-state index contributed by atoms with van der Waals surface area (Å²) in [6.07, 6.45) is 6.93. The zero-order valence-corrected chi connectivity index (χ0v) is 21.6. The van der Waals surface area contributed by atoms with Gasteiger partial charge in [0.1, 0.15) is 11.6 Å². The summed E-state index contributed by atoms with van der Waals surface area (Å²) in [5.74, 6) is 3.44. The van der Waals surface area contributed by atoms with Gasteiger partial charge in [-0.1, -0.05) is 25.0 Å². The van der Waals surface area contributed by atoms with Gasteiger partial charge in [0.05, 0.1) is 25.8 Å². The monoisotopic (exact) mass is 554 g/mol. The van der Waals surface area contributed by atoms with Gasteiger partial charge >= 0.3 is 0 Å². The molecule has 1 aliphatic heterocycles. The Labute approximate surface area is 207 Å². The van der Waals surface area contributed by atoms with Crippen molar-refractivity contribution in [3.63, 3.8) is 0 Å². The van der Waals surface area contributed by atoms with E-state index in [1.807, 2.05) is 42.8 Å². The van der Waals surface area contributed by atoms with Crippen LogP contribution in [0, 0.1) is 6.92 Å². The number of nitrogens with zero attached hydrogens (tertiary/aromatic N) is 4. The highest BCUT2D eigenvalue weighted by molar-refractivity contribution is 14.0. The molecule has 2 aliphatic rings. The van der Waals surface area contributed by atoms with Crippen molar-refractivity contribution in [1.82, 2.24) is 25.4 Å². The Morgan fingerprint density at radius 1 is 1.25 bits per heavy atom. The molecule has 4 rings (SSSR count). The zero-order valence-electron chi connectivity index (χ0n) is 19.3. The Hall–Kier alpha value is -1.88. The topological polar surface area (TPSA) is 85.6 Å². The summed E-state index contributed by atoms with van der Waals surface area (Å²) in [4.78, 5) is 4.87. The molecule has 32 heavy (non-hydrogen) atoms. The summed E-state index contributed by atoms with van der Waals surface area (Å²) in [6.45, 7) is 3.92. The average molecular weight is 554 g/mol. The number of aliphatic imine (C=N–C) groups is 1. The van der Waals surface area contributed by atoms with Crippen LogP contribution in [0.25, 0.3) is 0 Å². The Morgan fingerprint density at radius 2 is 2.00 bits per heavy atom. The number of ether oxygens (including phenoxy) is 2. The van der Waals surface area contributed by atoms with E-state index in [-0.39, 0.29) is 29.6 Å². The van der Waals surface area contributed by atoms with Gasteiger partial charge in [-0.3, -0.25) is 0 Å². The second-order valence-electron chi connectivity index (χ2n) is 8.66. The molecule has 1 saturated carbocycles. The number of guanidine groups is 1. The van der Waals surface area contributed by atoms with Crippen LogP contribution in [-0.4, -0.2) is 46.1 Å². The van der Waals surface area contributed by atoms with Gasteiger partial charge in [-0.05, 0) is 50.3 Å². The molecule has 1 aliphatic carbocycles. The van der Waals surface area contributed by atoms with Crippen LogP contribution in [0.3, 0.4) is 0 Å². The fourth-order valence-corrected chi connectivity index (χ4v) is 4.53. The van der Waals surface area contributed by atoms with Crippen LogP contribution in [0.5, 0.6) is 5.75 Å². The normalized spacial score (nSPS) is 20.1. The van der Waals surface area contributed by atoms with E-state index in [9.17, 15) is 0 Å². The number of hydrogen-bond donors (Lipinski definition) is 2. The molecule has 0 amide bonds. The predicted molar refractivity (Wildman–Crippen MR) is 135 cm³/mol. The predicted octanol–water partition coefficient (Wildman–Crippen LogP) is 3.48. The van der Waals surface area contributed by atoms with Crippen molar-refractivity contribution in [2.45, 2.75) is 70.2 Å². The van der Waals surface area contributed by atoms with Gasteiger partial charge in [0.25, 0.3) is 0 Å². The van der Waals surface area contributed by atoms with E-state index in [0.29, 0.717) is 19.1 Å². The first-order chi connectivity index (χ1) is 15.1. The maximum Gasteiger partial charge on any atom is 0.192 e. The lowest BCUT2D eigenvalue weighted by atomic mass is 9.89. The highest BCUT2D eigenvalue weighted by Gasteiger charge is 2.40. The standard InChI is InChI=1S/C23H34N6O2.HI/c1-17-27-28-21(29(17)2)16-25-22(24-15-18-6-8-20(30-3)9-7-18)26-19-10-13-31-23(14-19)11-4-5-12-23;/h6-9,19H,4-5,10-16H2,1-3H3,(H2,24,25,26);1H. The molecule has 9 heteroatoms.